The molecule has 1 aliphatic rings. The molecule has 2 rings (SSSR count). The molecule has 0 aromatic heterocycles. The molecule has 2 N–H and O–H groups in total. The SMILES string of the molecule is Cc1cc(C)c(C(=O)O)cc1NC(=O)CCC1CCC1. The van der Waals surface area contributed by atoms with Crippen LogP contribution < -0.4 is 5.32 Å². The lowest BCUT2D eigenvalue weighted by atomic mass is 9.82. The zero-order valence-electron chi connectivity index (χ0n) is 12.0. The molecule has 0 bridgehead atoms. The Labute approximate surface area is 119 Å². The summed E-state index contributed by atoms with van der Waals surface area (Å²) >= 11 is 0. The van der Waals surface area contributed by atoms with Crippen molar-refractivity contribution in [2.75, 3.05) is 5.32 Å². The number of hydrogen-bond acceptors (Lipinski definition) is 2. The van der Waals surface area contributed by atoms with Crippen molar-refractivity contribution in [1.29, 1.82) is 0 Å². The number of aromatic carboxylic acids is 1. The van der Waals surface area contributed by atoms with E-state index in [0.717, 1.165) is 12.0 Å². The minimum absolute atomic E-state index is 0.0276. The highest BCUT2D eigenvalue weighted by Crippen LogP contribution is 2.30. The molecule has 0 aliphatic heterocycles. The summed E-state index contributed by atoms with van der Waals surface area (Å²) in [6.07, 6.45) is 5.20. The molecule has 0 radical (unpaired) electrons. The van der Waals surface area contributed by atoms with Crippen LogP contribution in [-0.2, 0) is 4.79 Å². The summed E-state index contributed by atoms with van der Waals surface area (Å²) < 4.78 is 0. The molecule has 20 heavy (non-hydrogen) atoms. The van der Waals surface area contributed by atoms with Gasteiger partial charge in [-0.15, -0.1) is 0 Å². The lowest BCUT2D eigenvalue weighted by Crippen LogP contribution is -2.17. The topological polar surface area (TPSA) is 66.4 Å². The highest BCUT2D eigenvalue weighted by atomic mass is 16.4. The summed E-state index contributed by atoms with van der Waals surface area (Å²) in [5.41, 5.74) is 2.45. The maximum Gasteiger partial charge on any atom is 0.336 e. The fourth-order valence-electron chi connectivity index (χ4n) is 2.55. The quantitative estimate of drug-likeness (QED) is 0.864. The molecule has 1 aliphatic carbocycles. The average molecular weight is 275 g/mol. The predicted octanol–water partition coefficient (Wildman–Crippen LogP) is 3.52. The van der Waals surface area contributed by atoms with Crippen molar-refractivity contribution in [3.63, 3.8) is 0 Å². The van der Waals surface area contributed by atoms with Gasteiger partial charge in [-0.3, -0.25) is 4.79 Å². The third-order valence-electron chi connectivity index (χ3n) is 4.08. The molecule has 1 fully saturated rings. The lowest BCUT2D eigenvalue weighted by molar-refractivity contribution is -0.116. The summed E-state index contributed by atoms with van der Waals surface area (Å²) in [5, 5.41) is 12.0. The summed E-state index contributed by atoms with van der Waals surface area (Å²) in [5.74, 6) is -0.290. The number of nitrogens with one attached hydrogen (secondary N) is 1. The first-order valence-corrected chi connectivity index (χ1v) is 7.11. The highest BCUT2D eigenvalue weighted by Gasteiger charge is 2.19. The predicted molar refractivity (Wildman–Crippen MR) is 78.1 cm³/mol. The van der Waals surface area contributed by atoms with E-state index in [-0.39, 0.29) is 11.5 Å². The molecule has 1 saturated carbocycles. The van der Waals surface area contributed by atoms with Gasteiger partial charge in [-0.25, -0.2) is 4.79 Å². The second kappa shape index (κ2) is 6.07. The standard InChI is InChI=1S/C16H21NO3/c1-10-8-11(2)14(9-13(10)16(19)20)17-15(18)7-6-12-4-3-5-12/h8-9,12H,3-7H2,1-2H3,(H,17,18)(H,19,20). The fourth-order valence-corrected chi connectivity index (χ4v) is 2.55. The average Bonchev–Trinajstić information content (AvgIpc) is 2.30. The van der Waals surface area contributed by atoms with Crippen LogP contribution in [-0.4, -0.2) is 17.0 Å². The number of anilines is 1. The van der Waals surface area contributed by atoms with Crippen LogP contribution in [0.25, 0.3) is 0 Å². The number of carboxylic acid groups (broad SMARTS) is 1. The summed E-state index contributed by atoms with van der Waals surface area (Å²) in [4.78, 5) is 23.0. The van der Waals surface area contributed by atoms with Crippen LogP contribution in [0.2, 0.25) is 0 Å². The van der Waals surface area contributed by atoms with Gasteiger partial charge >= 0.3 is 5.97 Å². The fraction of sp³-hybridized carbons (Fsp3) is 0.500. The summed E-state index contributed by atoms with van der Waals surface area (Å²) in [6, 6.07) is 3.35. The van der Waals surface area contributed by atoms with Gasteiger partial charge in [0.1, 0.15) is 0 Å². The van der Waals surface area contributed by atoms with E-state index in [0.29, 0.717) is 23.6 Å². The van der Waals surface area contributed by atoms with Crippen LogP contribution >= 0.6 is 0 Å². The van der Waals surface area contributed by atoms with E-state index in [9.17, 15) is 9.59 Å². The number of benzene rings is 1. The minimum atomic E-state index is -0.965. The third kappa shape index (κ3) is 3.38. The molecular formula is C16H21NO3. The second-order valence-corrected chi connectivity index (χ2v) is 5.67. The van der Waals surface area contributed by atoms with Crippen LogP contribution in [0, 0.1) is 19.8 Å². The van der Waals surface area contributed by atoms with Gasteiger partial charge in [0, 0.05) is 12.1 Å². The van der Waals surface area contributed by atoms with Gasteiger partial charge in [0.15, 0.2) is 0 Å². The molecule has 4 heteroatoms. The largest absolute Gasteiger partial charge is 0.478 e. The molecule has 0 spiro atoms. The number of carboxylic acids is 1. The van der Waals surface area contributed by atoms with Gasteiger partial charge in [0.25, 0.3) is 0 Å². The van der Waals surface area contributed by atoms with E-state index in [1.165, 1.54) is 19.3 Å². The lowest BCUT2D eigenvalue weighted by Gasteiger charge is -2.24. The number of hydrogen-bond donors (Lipinski definition) is 2. The first-order chi connectivity index (χ1) is 9.47. The van der Waals surface area contributed by atoms with Crippen LogP contribution in [0.5, 0.6) is 0 Å². The Hall–Kier alpha value is -1.84. The number of carbonyl (C=O) groups is 2. The molecule has 1 amide bonds. The minimum Gasteiger partial charge on any atom is -0.478 e. The van der Waals surface area contributed by atoms with E-state index in [1.54, 1.807) is 19.1 Å². The van der Waals surface area contributed by atoms with Crippen LogP contribution in [0.15, 0.2) is 12.1 Å². The van der Waals surface area contributed by atoms with Crippen LogP contribution in [0.1, 0.15) is 53.6 Å². The molecule has 1 aromatic carbocycles. The van der Waals surface area contributed by atoms with Gasteiger partial charge in [-0.2, -0.15) is 0 Å². The third-order valence-corrected chi connectivity index (χ3v) is 4.08. The Morgan fingerprint density at radius 1 is 1.25 bits per heavy atom. The van der Waals surface area contributed by atoms with Crippen molar-refractivity contribution >= 4 is 17.6 Å². The number of carbonyl (C=O) groups excluding carboxylic acids is 1. The van der Waals surface area contributed by atoms with E-state index in [4.69, 9.17) is 5.11 Å². The Bertz CT molecular complexity index is 533. The summed E-state index contributed by atoms with van der Waals surface area (Å²) in [6.45, 7) is 3.64. The first kappa shape index (κ1) is 14.6. The zero-order valence-corrected chi connectivity index (χ0v) is 12.0. The summed E-state index contributed by atoms with van der Waals surface area (Å²) in [7, 11) is 0. The Balaban J connectivity index is 2.02. The zero-order chi connectivity index (χ0) is 14.7. The van der Waals surface area contributed by atoms with Gasteiger partial charge in [-0.1, -0.05) is 25.3 Å². The monoisotopic (exact) mass is 275 g/mol. The molecule has 0 atom stereocenters. The van der Waals surface area contributed by atoms with Crippen molar-refractivity contribution < 1.29 is 14.7 Å². The van der Waals surface area contributed by atoms with E-state index in [1.807, 2.05) is 6.92 Å². The van der Waals surface area contributed by atoms with Gasteiger partial charge < -0.3 is 10.4 Å². The van der Waals surface area contributed by atoms with Crippen molar-refractivity contribution in [2.45, 2.75) is 46.0 Å². The smallest absolute Gasteiger partial charge is 0.336 e. The van der Waals surface area contributed by atoms with Crippen LogP contribution in [0.3, 0.4) is 0 Å². The molecule has 4 nitrogen and oxygen atoms in total. The Morgan fingerprint density at radius 2 is 1.95 bits per heavy atom. The second-order valence-electron chi connectivity index (χ2n) is 5.67. The normalized spacial score (nSPS) is 14.7. The van der Waals surface area contributed by atoms with E-state index in [2.05, 4.69) is 5.32 Å². The van der Waals surface area contributed by atoms with Gasteiger partial charge in [0.2, 0.25) is 5.91 Å². The van der Waals surface area contributed by atoms with Crippen molar-refractivity contribution in [2.24, 2.45) is 5.92 Å². The molecule has 0 heterocycles. The van der Waals surface area contributed by atoms with Crippen LogP contribution in [0.4, 0.5) is 5.69 Å². The van der Waals surface area contributed by atoms with E-state index >= 15 is 0 Å². The van der Waals surface area contributed by atoms with Crippen molar-refractivity contribution in [1.82, 2.24) is 0 Å². The maximum absolute atomic E-state index is 11.9. The molecule has 0 saturated heterocycles. The van der Waals surface area contributed by atoms with Gasteiger partial charge in [0.05, 0.1) is 5.56 Å². The first-order valence-electron chi connectivity index (χ1n) is 7.11. The Morgan fingerprint density at radius 3 is 2.50 bits per heavy atom. The highest BCUT2D eigenvalue weighted by molar-refractivity contribution is 5.95. The van der Waals surface area contributed by atoms with Crippen molar-refractivity contribution in [3.05, 3.63) is 28.8 Å². The maximum atomic E-state index is 11.9. The molecule has 0 unspecified atom stereocenters. The molecule has 1 aromatic rings. The number of amides is 1. The molecular weight excluding hydrogens is 254 g/mol. The number of rotatable bonds is 5. The molecule has 108 valence electrons. The van der Waals surface area contributed by atoms with Crippen molar-refractivity contribution in [3.8, 4) is 0 Å². The van der Waals surface area contributed by atoms with E-state index < -0.39 is 5.97 Å². The Kier molecular flexibility index (Phi) is 4.42. The number of aryl methyl sites for hydroxylation is 2. The van der Waals surface area contributed by atoms with Gasteiger partial charge in [-0.05, 0) is 43.4 Å².